The van der Waals surface area contributed by atoms with E-state index in [2.05, 4.69) is 35.2 Å². The maximum Gasteiger partial charge on any atom is 0.290 e. The zero-order valence-electron chi connectivity index (χ0n) is 15.4. The van der Waals surface area contributed by atoms with Gasteiger partial charge >= 0.3 is 0 Å². The van der Waals surface area contributed by atoms with Crippen molar-refractivity contribution in [2.45, 2.75) is 32.2 Å². The Morgan fingerprint density at radius 1 is 1.04 bits per heavy atom. The maximum absolute atomic E-state index is 12.4. The topological polar surface area (TPSA) is 38.4 Å². The molecule has 1 aliphatic heterocycles. The van der Waals surface area contributed by atoms with Crippen LogP contribution in [0.1, 0.15) is 24.8 Å². The average molecular weight is 385 g/mol. The molecular formula is C22H25ClN2O2. The Morgan fingerprint density at radius 2 is 1.81 bits per heavy atom. The number of aryl methyl sites for hydroxylation is 1. The fraction of sp³-hybridized carbons (Fsp3) is 0.409. The molecule has 4 rings (SSSR count). The number of nitrogens with zero attached hydrogens (tertiary/aromatic N) is 2. The minimum absolute atomic E-state index is 0.0761. The van der Waals surface area contributed by atoms with Crippen LogP contribution in [0.15, 0.2) is 57.8 Å². The number of aromatic nitrogens is 1. The number of benzene rings is 2. The summed E-state index contributed by atoms with van der Waals surface area (Å²) >= 11 is 5.98. The van der Waals surface area contributed by atoms with Crippen LogP contribution in [-0.2, 0) is 13.0 Å². The van der Waals surface area contributed by atoms with Crippen LogP contribution in [-0.4, -0.2) is 29.3 Å². The Balaban J connectivity index is 1.26. The second-order valence-electron chi connectivity index (χ2n) is 7.45. The van der Waals surface area contributed by atoms with Crippen molar-refractivity contribution in [1.82, 2.24) is 9.64 Å². The lowest BCUT2D eigenvalue weighted by Gasteiger charge is -2.31. The highest BCUT2D eigenvalue weighted by molar-refractivity contribution is 6.31. The summed E-state index contributed by atoms with van der Waals surface area (Å²) in [7, 11) is 0. The third kappa shape index (κ3) is 4.45. The van der Waals surface area contributed by atoms with Crippen LogP contribution < -0.4 is 5.56 Å². The highest BCUT2D eigenvalue weighted by atomic mass is 35.5. The third-order valence-corrected chi connectivity index (χ3v) is 5.85. The second kappa shape index (κ2) is 8.32. The fourth-order valence-corrected chi connectivity index (χ4v) is 4.09. The first-order valence-corrected chi connectivity index (χ1v) is 10.1. The Labute approximate surface area is 164 Å². The van der Waals surface area contributed by atoms with E-state index in [4.69, 9.17) is 16.1 Å². The molecular weight excluding hydrogens is 360 g/mol. The van der Waals surface area contributed by atoms with Gasteiger partial charge in [0.1, 0.15) is 0 Å². The van der Waals surface area contributed by atoms with E-state index in [1.54, 1.807) is 18.2 Å². The van der Waals surface area contributed by atoms with E-state index in [1.807, 2.05) is 0 Å². The first-order chi connectivity index (χ1) is 13.2. The second-order valence-corrected chi connectivity index (χ2v) is 7.88. The number of likely N-dealkylation sites (tertiary alicyclic amines) is 1. The molecule has 2 heterocycles. The quantitative estimate of drug-likeness (QED) is 0.623. The predicted molar refractivity (Wildman–Crippen MR) is 109 cm³/mol. The summed E-state index contributed by atoms with van der Waals surface area (Å²) in [5.74, 6) is 0.654. The molecule has 3 aromatic rings. The molecule has 0 radical (unpaired) electrons. The summed E-state index contributed by atoms with van der Waals surface area (Å²) in [5.41, 5.74) is 1.94. The summed E-state index contributed by atoms with van der Waals surface area (Å²) < 4.78 is 7.18. The Kier molecular flexibility index (Phi) is 5.65. The van der Waals surface area contributed by atoms with Gasteiger partial charge in [-0.3, -0.25) is 4.79 Å². The van der Waals surface area contributed by atoms with E-state index < -0.39 is 0 Å². The molecule has 0 spiro atoms. The minimum Gasteiger partial charge on any atom is -0.376 e. The third-order valence-electron chi connectivity index (χ3n) is 5.61. The number of piperidine rings is 1. The molecule has 0 bridgehead atoms. The fourth-order valence-electron chi connectivity index (χ4n) is 3.92. The molecule has 1 aliphatic rings. The van der Waals surface area contributed by atoms with E-state index in [-0.39, 0.29) is 5.56 Å². The molecule has 27 heavy (non-hydrogen) atoms. The summed E-state index contributed by atoms with van der Waals surface area (Å²) in [6.07, 6.45) is 4.48. The molecule has 1 aromatic heterocycles. The first-order valence-electron chi connectivity index (χ1n) is 9.75. The molecule has 5 heteroatoms. The van der Waals surface area contributed by atoms with Gasteiger partial charge in [0.2, 0.25) is 0 Å². The zero-order valence-corrected chi connectivity index (χ0v) is 16.2. The Bertz CT molecular complexity index is 940. The largest absolute Gasteiger partial charge is 0.376 e. The van der Waals surface area contributed by atoms with Gasteiger partial charge in [-0.15, -0.1) is 0 Å². The minimum atomic E-state index is -0.0761. The molecule has 0 amide bonds. The van der Waals surface area contributed by atoms with Gasteiger partial charge in [0, 0.05) is 11.6 Å². The van der Waals surface area contributed by atoms with Gasteiger partial charge in [0.05, 0.1) is 11.9 Å². The normalized spacial score (nSPS) is 16.2. The first kappa shape index (κ1) is 18.3. The number of fused-ring (bicyclic) bond motifs is 1. The van der Waals surface area contributed by atoms with Gasteiger partial charge < -0.3 is 9.42 Å². The van der Waals surface area contributed by atoms with Gasteiger partial charge in [0.15, 0.2) is 5.58 Å². The van der Waals surface area contributed by atoms with Crippen LogP contribution in [0.5, 0.6) is 0 Å². The van der Waals surface area contributed by atoms with Crippen molar-refractivity contribution in [2.75, 3.05) is 19.6 Å². The van der Waals surface area contributed by atoms with E-state index >= 15 is 0 Å². The molecule has 142 valence electrons. The van der Waals surface area contributed by atoms with Crippen LogP contribution in [0, 0.1) is 5.92 Å². The molecule has 0 aliphatic carbocycles. The highest BCUT2D eigenvalue weighted by Gasteiger charge is 2.20. The van der Waals surface area contributed by atoms with Crippen molar-refractivity contribution in [3.63, 3.8) is 0 Å². The lowest BCUT2D eigenvalue weighted by molar-refractivity contribution is 0.166. The van der Waals surface area contributed by atoms with Gasteiger partial charge in [0.25, 0.3) is 5.56 Å². The molecule has 0 saturated carbocycles. The lowest BCUT2D eigenvalue weighted by Crippen LogP contribution is -2.35. The van der Waals surface area contributed by atoms with Crippen molar-refractivity contribution < 1.29 is 4.52 Å². The number of halogens is 1. The SMILES string of the molecule is O=c1c2cc(Cl)ccc2on1CCC1CCN(CCc2ccccc2)CC1. The summed E-state index contributed by atoms with van der Waals surface area (Å²) in [5, 5.41) is 1.13. The molecule has 1 fully saturated rings. The van der Waals surface area contributed by atoms with Crippen molar-refractivity contribution >= 4 is 22.6 Å². The van der Waals surface area contributed by atoms with Crippen molar-refractivity contribution in [3.05, 3.63) is 69.5 Å². The maximum atomic E-state index is 12.4. The molecule has 2 aromatic carbocycles. The average Bonchev–Trinajstić information content (AvgIpc) is 3.02. The smallest absolute Gasteiger partial charge is 0.290 e. The lowest BCUT2D eigenvalue weighted by atomic mass is 9.93. The van der Waals surface area contributed by atoms with E-state index in [0.29, 0.717) is 28.5 Å². The number of hydrogen-bond acceptors (Lipinski definition) is 3. The van der Waals surface area contributed by atoms with Crippen LogP contribution in [0.2, 0.25) is 5.02 Å². The standard InChI is InChI=1S/C22H25ClN2O2/c23-19-6-7-21-20(16-19)22(26)25(27-21)15-11-18-9-13-24(14-10-18)12-8-17-4-2-1-3-5-17/h1-7,16,18H,8-15H2. The van der Waals surface area contributed by atoms with Gasteiger partial charge in [-0.05, 0) is 68.5 Å². The van der Waals surface area contributed by atoms with Gasteiger partial charge in [-0.25, -0.2) is 0 Å². The summed E-state index contributed by atoms with van der Waals surface area (Å²) in [4.78, 5) is 15.0. The molecule has 0 N–H and O–H groups in total. The van der Waals surface area contributed by atoms with Crippen molar-refractivity contribution in [3.8, 4) is 0 Å². The Morgan fingerprint density at radius 3 is 2.59 bits per heavy atom. The van der Waals surface area contributed by atoms with Crippen LogP contribution in [0.3, 0.4) is 0 Å². The van der Waals surface area contributed by atoms with Gasteiger partial charge in [-0.2, -0.15) is 4.74 Å². The van der Waals surface area contributed by atoms with E-state index in [0.717, 1.165) is 32.5 Å². The van der Waals surface area contributed by atoms with Crippen LogP contribution >= 0.6 is 11.6 Å². The predicted octanol–water partition coefficient (Wildman–Crippen LogP) is 4.59. The van der Waals surface area contributed by atoms with Crippen LogP contribution in [0.4, 0.5) is 0 Å². The highest BCUT2D eigenvalue weighted by Crippen LogP contribution is 2.22. The molecule has 4 nitrogen and oxygen atoms in total. The molecule has 0 unspecified atom stereocenters. The number of rotatable bonds is 6. The Hall–Kier alpha value is -2.04. The van der Waals surface area contributed by atoms with Crippen LogP contribution in [0.25, 0.3) is 11.0 Å². The monoisotopic (exact) mass is 384 g/mol. The van der Waals surface area contributed by atoms with Crippen molar-refractivity contribution in [1.29, 1.82) is 0 Å². The van der Waals surface area contributed by atoms with E-state index in [1.165, 1.54) is 23.1 Å². The zero-order chi connectivity index (χ0) is 18.6. The summed E-state index contributed by atoms with van der Waals surface area (Å²) in [6.45, 7) is 4.05. The molecule has 1 saturated heterocycles. The van der Waals surface area contributed by atoms with E-state index in [9.17, 15) is 4.79 Å². The van der Waals surface area contributed by atoms with Crippen molar-refractivity contribution in [2.24, 2.45) is 5.92 Å². The molecule has 0 atom stereocenters. The number of hydrogen-bond donors (Lipinski definition) is 0. The van der Waals surface area contributed by atoms with Gasteiger partial charge in [-0.1, -0.05) is 41.9 Å². The summed E-state index contributed by atoms with van der Waals surface area (Å²) in [6, 6.07) is 15.9.